The highest BCUT2D eigenvalue weighted by Crippen LogP contribution is 2.38. The van der Waals surface area contributed by atoms with E-state index in [1.54, 1.807) is 24.4 Å². The number of nitrogens with one attached hydrogen (secondary N) is 1. The molecule has 1 fully saturated rings. The van der Waals surface area contributed by atoms with Crippen LogP contribution in [0.1, 0.15) is 51.4 Å². The number of hydrogen-bond donors (Lipinski definition) is 2. The van der Waals surface area contributed by atoms with E-state index in [2.05, 4.69) is 40.4 Å². The fourth-order valence-electron chi connectivity index (χ4n) is 4.81. The van der Waals surface area contributed by atoms with E-state index >= 15 is 0 Å². The normalized spacial score (nSPS) is 16.8. The molecule has 1 atom stereocenters. The van der Waals surface area contributed by atoms with Crippen molar-refractivity contribution in [3.05, 3.63) is 48.2 Å². The van der Waals surface area contributed by atoms with Gasteiger partial charge in [0.15, 0.2) is 0 Å². The fraction of sp³-hybridized carbons (Fsp3) is 0.407. The van der Waals surface area contributed by atoms with E-state index in [-0.39, 0.29) is 33.8 Å². The molecule has 12 heteroatoms. The van der Waals surface area contributed by atoms with Crippen molar-refractivity contribution in [2.75, 3.05) is 24.3 Å². The van der Waals surface area contributed by atoms with Gasteiger partial charge in [-0.25, -0.2) is 23.1 Å². The number of carbonyl (C=O) groups is 1. The highest BCUT2D eigenvalue weighted by atomic mass is 32.2. The van der Waals surface area contributed by atoms with Crippen molar-refractivity contribution in [1.82, 2.24) is 19.7 Å². The summed E-state index contributed by atoms with van der Waals surface area (Å²) in [5, 5.41) is 0. The van der Waals surface area contributed by atoms with Crippen molar-refractivity contribution >= 4 is 27.6 Å². The molecule has 0 radical (unpaired) electrons. The van der Waals surface area contributed by atoms with E-state index in [1.165, 1.54) is 19.2 Å². The summed E-state index contributed by atoms with van der Waals surface area (Å²) in [5.41, 5.74) is 6.98. The molecule has 3 N–H and O–H groups in total. The average Bonchev–Trinajstić information content (AvgIpc) is 3.14. The lowest BCUT2D eigenvalue weighted by Crippen LogP contribution is -2.41. The smallest absolute Gasteiger partial charge is 0.268 e. The third-order valence-electron chi connectivity index (χ3n) is 6.42. The van der Waals surface area contributed by atoms with Gasteiger partial charge in [0.05, 0.1) is 24.5 Å². The Morgan fingerprint density at radius 2 is 1.85 bits per heavy atom. The second-order valence-corrected chi connectivity index (χ2v) is 12.2. The summed E-state index contributed by atoms with van der Waals surface area (Å²) >= 11 is 0. The Balaban J connectivity index is 1.73. The number of amides is 1. The molecule has 1 saturated heterocycles. The largest absolute Gasteiger partial charge is 0.481 e. The number of sulfonamides is 1. The monoisotopic (exact) mass is 554 g/mol. The molecular formula is C27H34N6O5S. The number of methoxy groups -OCH3 is 1. The highest BCUT2D eigenvalue weighted by molar-refractivity contribution is 7.90. The number of carbonyl (C=O) groups excluding carboxylic acids is 1. The first-order valence-corrected chi connectivity index (χ1v) is 14.1. The topological polar surface area (TPSA) is 150 Å². The van der Waals surface area contributed by atoms with Gasteiger partial charge >= 0.3 is 0 Å². The number of nitrogen functional groups attached to an aromatic ring is 1. The Hall–Kier alpha value is -3.93. The van der Waals surface area contributed by atoms with E-state index in [1.807, 2.05) is 19.9 Å². The summed E-state index contributed by atoms with van der Waals surface area (Å²) in [7, 11) is -2.94. The van der Waals surface area contributed by atoms with Crippen LogP contribution in [0.2, 0.25) is 0 Å². The SMILES string of the molecule is COc1ccc(S(=O)(=O)NC(=O)c2ccc(-c3ccc(OC(C)C)nc3)nc2N2C[C@@H](C)CC2(C)C)c(N)n1. The molecule has 3 aromatic rings. The summed E-state index contributed by atoms with van der Waals surface area (Å²) in [6.45, 7) is 10.8. The molecule has 4 heterocycles. The Bertz CT molecular complexity index is 1470. The van der Waals surface area contributed by atoms with Crippen molar-refractivity contribution in [1.29, 1.82) is 0 Å². The summed E-state index contributed by atoms with van der Waals surface area (Å²) < 4.78 is 38.9. The van der Waals surface area contributed by atoms with Gasteiger partial charge in [0, 0.05) is 36.0 Å². The van der Waals surface area contributed by atoms with Gasteiger partial charge < -0.3 is 20.1 Å². The summed E-state index contributed by atoms with van der Waals surface area (Å²) in [6, 6.07) is 9.45. The molecule has 1 aliphatic rings. The number of pyridine rings is 3. The standard InChI is InChI=1S/C27H34N6O5S/c1-16(2)38-22-11-7-18(14-29-22)20-9-8-19(25(30-20)33-15-17(3)13-27(33,4)5)26(34)32-39(35,36)21-10-12-23(37-6)31-24(21)28/h7-12,14,16-17H,13,15H2,1-6H3,(H2,28,31)(H,32,34)/t17-/m0/s1. The van der Waals surface area contributed by atoms with E-state index in [0.29, 0.717) is 29.9 Å². The lowest BCUT2D eigenvalue weighted by molar-refractivity contribution is 0.0981. The minimum absolute atomic E-state index is 0.00872. The second kappa shape index (κ2) is 10.7. The third-order valence-corrected chi connectivity index (χ3v) is 7.80. The molecular weight excluding hydrogens is 520 g/mol. The van der Waals surface area contributed by atoms with Crippen LogP contribution in [0.15, 0.2) is 47.5 Å². The van der Waals surface area contributed by atoms with Crippen LogP contribution in [0.4, 0.5) is 11.6 Å². The average molecular weight is 555 g/mol. The van der Waals surface area contributed by atoms with Gasteiger partial charge in [-0.05, 0) is 64.3 Å². The Morgan fingerprint density at radius 3 is 2.41 bits per heavy atom. The van der Waals surface area contributed by atoms with Gasteiger partial charge in [0.2, 0.25) is 11.8 Å². The molecule has 208 valence electrons. The van der Waals surface area contributed by atoms with Crippen LogP contribution in [0.3, 0.4) is 0 Å². The lowest BCUT2D eigenvalue weighted by atomic mass is 9.97. The van der Waals surface area contributed by atoms with Crippen molar-refractivity contribution in [2.24, 2.45) is 5.92 Å². The zero-order valence-electron chi connectivity index (χ0n) is 22.9. The van der Waals surface area contributed by atoms with Crippen LogP contribution in [-0.4, -0.2) is 54.6 Å². The molecule has 0 aromatic carbocycles. The first-order valence-electron chi connectivity index (χ1n) is 12.6. The molecule has 0 unspecified atom stereocenters. The number of nitrogens with zero attached hydrogens (tertiary/aromatic N) is 4. The number of rotatable bonds is 8. The zero-order chi connectivity index (χ0) is 28.5. The molecule has 3 aromatic heterocycles. The molecule has 0 spiro atoms. The molecule has 0 aliphatic carbocycles. The van der Waals surface area contributed by atoms with E-state index in [4.69, 9.17) is 20.2 Å². The quantitative estimate of drug-likeness (QED) is 0.422. The number of ether oxygens (including phenoxy) is 2. The van der Waals surface area contributed by atoms with Crippen molar-refractivity contribution < 1.29 is 22.7 Å². The minimum Gasteiger partial charge on any atom is -0.481 e. The lowest BCUT2D eigenvalue weighted by Gasteiger charge is -2.34. The molecule has 0 saturated carbocycles. The van der Waals surface area contributed by atoms with Gasteiger partial charge in [0.25, 0.3) is 15.9 Å². The first-order chi connectivity index (χ1) is 18.3. The van der Waals surface area contributed by atoms with Gasteiger partial charge in [-0.1, -0.05) is 6.92 Å². The van der Waals surface area contributed by atoms with E-state index in [9.17, 15) is 13.2 Å². The Labute approximate surface area is 228 Å². The van der Waals surface area contributed by atoms with Crippen molar-refractivity contribution in [3.63, 3.8) is 0 Å². The van der Waals surface area contributed by atoms with Gasteiger partial charge in [-0.15, -0.1) is 0 Å². The van der Waals surface area contributed by atoms with Crippen LogP contribution in [0.25, 0.3) is 11.3 Å². The summed E-state index contributed by atoms with van der Waals surface area (Å²) in [4.78, 5) is 28.3. The third kappa shape index (κ3) is 6.06. The maximum atomic E-state index is 13.5. The van der Waals surface area contributed by atoms with Gasteiger partial charge in [0.1, 0.15) is 16.5 Å². The van der Waals surface area contributed by atoms with Crippen molar-refractivity contribution in [3.8, 4) is 23.0 Å². The van der Waals surface area contributed by atoms with Crippen LogP contribution in [-0.2, 0) is 10.0 Å². The molecule has 4 rings (SSSR count). The highest BCUT2D eigenvalue weighted by Gasteiger charge is 2.39. The predicted octanol–water partition coefficient (Wildman–Crippen LogP) is 3.66. The van der Waals surface area contributed by atoms with Crippen LogP contribution in [0, 0.1) is 5.92 Å². The Morgan fingerprint density at radius 1 is 1.13 bits per heavy atom. The van der Waals surface area contributed by atoms with Crippen LogP contribution >= 0.6 is 0 Å². The molecule has 39 heavy (non-hydrogen) atoms. The van der Waals surface area contributed by atoms with Crippen LogP contribution in [0.5, 0.6) is 11.8 Å². The Kier molecular flexibility index (Phi) is 7.69. The van der Waals surface area contributed by atoms with E-state index < -0.39 is 15.9 Å². The van der Waals surface area contributed by atoms with E-state index in [0.717, 1.165) is 12.0 Å². The molecule has 11 nitrogen and oxygen atoms in total. The maximum absolute atomic E-state index is 13.5. The van der Waals surface area contributed by atoms with Crippen LogP contribution < -0.4 is 24.8 Å². The number of nitrogens with two attached hydrogens (primary N) is 1. The fourth-order valence-corrected chi connectivity index (χ4v) is 5.84. The zero-order valence-corrected chi connectivity index (χ0v) is 23.7. The summed E-state index contributed by atoms with van der Waals surface area (Å²) in [6.07, 6.45) is 2.53. The summed E-state index contributed by atoms with van der Waals surface area (Å²) in [5.74, 6) is 0.284. The molecule has 1 aliphatic heterocycles. The number of hydrogen-bond acceptors (Lipinski definition) is 10. The minimum atomic E-state index is -4.33. The molecule has 0 bridgehead atoms. The molecule has 1 amide bonds. The van der Waals surface area contributed by atoms with Gasteiger partial charge in [-0.2, -0.15) is 4.98 Å². The number of anilines is 2. The van der Waals surface area contributed by atoms with Gasteiger partial charge in [-0.3, -0.25) is 4.79 Å². The second-order valence-electron chi connectivity index (χ2n) is 10.5. The van der Waals surface area contributed by atoms with Crippen molar-refractivity contribution in [2.45, 2.75) is 57.6 Å². The maximum Gasteiger partial charge on any atom is 0.268 e. The number of aromatic nitrogens is 3. The first kappa shape index (κ1) is 28.1. The predicted molar refractivity (Wildman–Crippen MR) is 148 cm³/mol.